The molecule has 7 heteroatoms. The predicted octanol–water partition coefficient (Wildman–Crippen LogP) is 5.95. The Morgan fingerprint density at radius 1 is 1.24 bits per heavy atom. The fraction of sp³-hybridized carbons (Fsp3) is 0.364. The van der Waals surface area contributed by atoms with Gasteiger partial charge in [0.05, 0.1) is 5.02 Å². The van der Waals surface area contributed by atoms with Gasteiger partial charge in [0.15, 0.2) is 0 Å². The third-order valence-corrected chi connectivity index (χ3v) is 5.86. The summed E-state index contributed by atoms with van der Waals surface area (Å²) in [4.78, 5) is 15.5. The van der Waals surface area contributed by atoms with E-state index >= 15 is 0 Å². The number of hydrogen-bond acceptors (Lipinski definition) is 4. The molecule has 1 fully saturated rings. The van der Waals surface area contributed by atoms with Crippen molar-refractivity contribution in [2.45, 2.75) is 44.6 Å². The second-order valence-electron chi connectivity index (χ2n) is 7.50. The normalized spacial score (nSPS) is 19.4. The number of carboxylic acids is 1. The van der Waals surface area contributed by atoms with E-state index in [1.165, 1.54) is 6.07 Å². The lowest BCUT2D eigenvalue weighted by atomic mass is 9.79. The van der Waals surface area contributed by atoms with Gasteiger partial charge in [-0.05, 0) is 43.7 Å². The van der Waals surface area contributed by atoms with Gasteiger partial charge in [0.2, 0.25) is 5.88 Å². The molecule has 1 N–H and O–H groups in total. The molecule has 0 radical (unpaired) electrons. The predicted molar refractivity (Wildman–Crippen MR) is 107 cm³/mol. The average molecular weight is 418 g/mol. The van der Waals surface area contributed by atoms with Crippen molar-refractivity contribution in [1.82, 2.24) is 4.98 Å². The van der Waals surface area contributed by atoms with E-state index in [4.69, 9.17) is 25.9 Å². The van der Waals surface area contributed by atoms with Crippen LogP contribution in [0.2, 0.25) is 5.02 Å². The number of furan rings is 1. The van der Waals surface area contributed by atoms with Crippen molar-refractivity contribution in [2.75, 3.05) is 0 Å². The van der Waals surface area contributed by atoms with Gasteiger partial charge >= 0.3 is 5.97 Å². The minimum atomic E-state index is -0.727. The topological polar surface area (TPSA) is 72.6 Å². The van der Waals surface area contributed by atoms with Crippen LogP contribution in [-0.2, 0) is 11.4 Å². The van der Waals surface area contributed by atoms with Gasteiger partial charge in [-0.3, -0.25) is 4.79 Å². The number of nitrogens with zero attached hydrogens (tertiary/aromatic N) is 1. The Bertz CT molecular complexity index is 1030. The lowest BCUT2D eigenvalue weighted by Crippen LogP contribution is -2.17. The number of aliphatic carboxylic acids is 1. The maximum absolute atomic E-state index is 13.5. The number of pyridine rings is 1. The third kappa shape index (κ3) is 4.53. The quantitative estimate of drug-likeness (QED) is 0.536. The molecule has 3 aromatic rings. The summed E-state index contributed by atoms with van der Waals surface area (Å²) in [6.07, 6.45) is 3.90. The van der Waals surface area contributed by atoms with Gasteiger partial charge in [0, 0.05) is 41.1 Å². The summed E-state index contributed by atoms with van der Waals surface area (Å²) in [5.74, 6) is 0.328. The van der Waals surface area contributed by atoms with Crippen LogP contribution in [0.5, 0.6) is 5.88 Å². The van der Waals surface area contributed by atoms with E-state index in [0.29, 0.717) is 33.4 Å². The number of aromatic nitrogens is 1. The summed E-state index contributed by atoms with van der Waals surface area (Å²) in [6, 6.07) is 9.70. The van der Waals surface area contributed by atoms with Gasteiger partial charge in [-0.1, -0.05) is 23.7 Å². The summed E-state index contributed by atoms with van der Waals surface area (Å²) in [6.45, 7) is 0.183. The van der Waals surface area contributed by atoms with Crippen molar-refractivity contribution in [3.63, 3.8) is 0 Å². The van der Waals surface area contributed by atoms with Gasteiger partial charge in [0.25, 0.3) is 6.01 Å². The van der Waals surface area contributed by atoms with E-state index in [1.807, 2.05) is 12.1 Å². The smallest absolute Gasteiger partial charge is 0.303 e. The second-order valence-corrected chi connectivity index (χ2v) is 7.91. The Hall–Kier alpha value is -2.60. The SMILES string of the molecule is O=C(O)C[C@H]1CC[C@@H](c2cccc(OCc3ccc(Cl)c4cc(F)oc34)n2)CC1. The fourth-order valence-electron chi connectivity index (χ4n) is 4.03. The lowest BCUT2D eigenvalue weighted by Gasteiger charge is -2.27. The number of hydrogen-bond donors (Lipinski definition) is 1. The zero-order valence-corrected chi connectivity index (χ0v) is 16.5. The molecular formula is C22H21ClFNO4. The molecule has 0 bridgehead atoms. The molecule has 0 unspecified atom stereocenters. The average Bonchev–Trinajstić information content (AvgIpc) is 3.10. The van der Waals surface area contributed by atoms with Crippen LogP contribution in [0.1, 0.15) is 49.3 Å². The highest BCUT2D eigenvalue weighted by Gasteiger charge is 2.25. The molecule has 1 aliphatic rings. The van der Waals surface area contributed by atoms with Crippen molar-refractivity contribution in [1.29, 1.82) is 0 Å². The maximum atomic E-state index is 13.5. The molecule has 0 amide bonds. The molecule has 2 aromatic heterocycles. The Balaban J connectivity index is 1.43. The van der Waals surface area contributed by atoms with Crippen molar-refractivity contribution >= 4 is 28.5 Å². The molecule has 0 atom stereocenters. The fourth-order valence-corrected chi connectivity index (χ4v) is 4.23. The Labute approximate surface area is 172 Å². The first kappa shape index (κ1) is 19.7. The minimum Gasteiger partial charge on any atom is -0.481 e. The number of fused-ring (bicyclic) bond motifs is 1. The molecule has 2 heterocycles. The van der Waals surface area contributed by atoms with Gasteiger partial charge < -0.3 is 14.3 Å². The second kappa shape index (κ2) is 8.41. The number of carboxylic acid groups (broad SMARTS) is 1. The molecule has 5 nitrogen and oxygen atoms in total. The summed E-state index contributed by atoms with van der Waals surface area (Å²) in [5.41, 5.74) is 2.03. The summed E-state index contributed by atoms with van der Waals surface area (Å²) in [7, 11) is 0. The number of halogens is 2. The van der Waals surface area contributed by atoms with Crippen LogP contribution in [0.3, 0.4) is 0 Å². The van der Waals surface area contributed by atoms with Gasteiger partial charge in [-0.2, -0.15) is 4.39 Å². The van der Waals surface area contributed by atoms with Gasteiger partial charge in [-0.15, -0.1) is 0 Å². The van der Waals surface area contributed by atoms with Crippen molar-refractivity contribution in [3.8, 4) is 5.88 Å². The van der Waals surface area contributed by atoms with Crippen LogP contribution in [0.25, 0.3) is 11.0 Å². The highest BCUT2D eigenvalue weighted by Crippen LogP contribution is 2.37. The number of carbonyl (C=O) groups is 1. The molecule has 29 heavy (non-hydrogen) atoms. The van der Waals surface area contributed by atoms with E-state index < -0.39 is 12.0 Å². The van der Waals surface area contributed by atoms with Crippen LogP contribution in [0.15, 0.2) is 40.8 Å². The maximum Gasteiger partial charge on any atom is 0.303 e. The molecule has 0 spiro atoms. The molecule has 0 saturated heterocycles. The van der Waals surface area contributed by atoms with Crippen molar-refractivity contribution < 1.29 is 23.4 Å². The first-order chi connectivity index (χ1) is 14.0. The monoisotopic (exact) mass is 417 g/mol. The van der Waals surface area contributed by atoms with Crippen molar-refractivity contribution in [2.24, 2.45) is 5.92 Å². The molecule has 1 aliphatic carbocycles. The summed E-state index contributed by atoms with van der Waals surface area (Å²) >= 11 is 6.09. The van der Waals surface area contributed by atoms with Crippen LogP contribution >= 0.6 is 11.6 Å². The van der Waals surface area contributed by atoms with Crippen LogP contribution in [-0.4, -0.2) is 16.1 Å². The van der Waals surface area contributed by atoms with Crippen molar-refractivity contribution in [3.05, 3.63) is 58.7 Å². The number of rotatable bonds is 6. The molecule has 0 aliphatic heterocycles. The molecule has 152 valence electrons. The highest BCUT2D eigenvalue weighted by molar-refractivity contribution is 6.35. The van der Waals surface area contributed by atoms with Gasteiger partial charge in [-0.25, -0.2) is 4.98 Å². The zero-order chi connectivity index (χ0) is 20.4. The largest absolute Gasteiger partial charge is 0.481 e. The Kier molecular flexibility index (Phi) is 5.72. The molecule has 1 aromatic carbocycles. The number of ether oxygens (including phenoxy) is 1. The molecule has 1 saturated carbocycles. The van der Waals surface area contributed by atoms with Crippen LogP contribution in [0, 0.1) is 11.9 Å². The Morgan fingerprint density at radius 3 is 2.79 bits per heavy atom. The van der Waals surface area contributed by atoms with Crippen LogP contribution < -0.4 is 4.74 Å². The lowest BCUT2D eigenvalue weighted by molar-refractivity contribution is -0.138. The molecule has 4 rings (SSSR count). The Morgan fingerprint density at radius 2 is 2.03 bits per heavy atom. The first-order valence-electron chi connectivity index (χ1n) is 9.67. The van der Waals surface area contributed by atoms with E-state index in [1.54, 1.807) is 18.2 Å². The summed E-state index contributed by atoms with van der Waals surface area (Å²) < 4.78 is 24.5. The van der Waals surface area contributed by atoms with E-state index in [0.717, 1.165) is 31.4 Å². The number of benzene rings is 1. The van der Waals surface area contributed by atoms with E-state index in [9.17, 15) is 9.18 Å². The first-order valence-corrected chi connectivity index (χ1v) is 10.1. The summed E-state index contributed by atoms with van der Waals surface area (Å²) in [5, 5.41) is 9.90. The standard InChI is InChI=1S/C22H21ClFNO4/c23-17-9-8-15(22-16(17)11-19(24)29-22)12-28-20-3-1-2-18(25-20)14-6-4-13(5-7-14)10-21(26)27/h1-3,8-9,11,13-14H,4-7,10,12H2,(H,26,27)/t13-,14+. The third-order valence-electron chi connectivity index (χ3n) is 5.53. The van der Waals surface area contributed by atoms with Gasteiger partial charge in [0.1, 0.15) is 12.2 Å². The van der Waals surface area contributed by atoms with E-state index in [-0.39, 0.29) is 18.9 Å². The minimum absolute atomic E-state index is 0.183. The van der Waals surface area contributed by atoms with Crippen LogP contribution in [0.4, 0.5) is 4.39 Å². The zero-order valence-electron chi connectivity index (χ0n) is 15.7. The highest BCUT2D eigenvalue weighted by atomic mass is 35.5. The van der Waals surface area contributed by atoms with E-state index in [2.05, 4.69) is 4.98 Å². The molecular weight excluding hydrogens is 397 g/mol.